The van der Waals surface area contributed by atoms with Gasteiger partial charge in [-0.2, -0.15) is 0 Å². The Morgan fingerprint density at radius 1 is 0.862 bits per heavy atom. The zero-order valence-corrected chi connectivity index (χ0v) is 16.5. The van der Waals surface area contributed by atoms with E-state index in [0.29, 0.717) is 5.56 Å². The molecule has 150 valence electrons. The number of rotatable bonds is 7. The van der Waals surface area contributed by atoms with Gasteiger partial charge in [0.25, 0.3) is 5.91 Å². The highest BCUT2D eigenvalue weighted by atomic mass is 19.1. The molecule has 0 bridgehead atoms. The van der Waals surface area contributed by atoms with Gasteiger partial charge in [0.2, 0.25) is 0 Å². The predicted molar refractivity (Wildman–Crippen MR) is 109 cm³/mol. The van der Waals surface area contributed by atoms with Crippen LogP contribution in [0.5, 0.6) is 0 Å². The topological polar surface area (TPSA) is 45.7 Å². The van der Waals surface area contributed by atoms with Gasteiger partial charge in [0.05, 0.1) is 6.04 Å². The number of benzene rings is 3. The summed E-state index contributed by atoms with van der Waals surface area (Å²) in [6, 6.07) is 22.0. The van der Waals surface area contributed by atoms with Crippen molar-refractivity contribution in [2.24, 2.45) is 0 Å². The third kappa shape index (κ3) is 5.27. The normalized spacial score (nSPS) is 13.1. The fraction of sp³-hybridized carbons (Fsp3) is 0.208. The molecule has 0 aliphatic carbocycles. The molecule has 0 saturated heterocycles. The molecule has 0 radical (unpaired) electrons. The molecule has 0 heterocycles. The average molecular weight is 395 g/mol. The third-order valence-corrected chi connectivity index (χ3v) is 5.00. The molecule has 3 aromatic carbocycles. The highest BCUT2D eigenvalue weighted by Crippen LogP contribution is 2.22. The zero-order valence-electron chi connectivity index (χ0n) is 16.5. The van der Waals surface area contributed by atoms with Crippen molar-refractivity contribution in [3.63, 3.8) is 0 Å². The summed E-state index contributed by atoms with van der Waals surface area (Å²) in [5, 5.41) is 4.88. The zero-order chi connectivity index (χ0) is 20.8. The van der Waals surface area contributed by atoms with Crippen LogP contribution in [0.1, 0.15) is 42.6 Å². The lowest BCUT2D eigenvalue weighted by atomic mass is 9.98. The molecule has 5 heteroatoms. The summed E-state index contributed by atoms with van der Waals surface area (Å²) in [6.07, 6.45) is 0. The minimum absolute atomic E-state index is 0.155. The van der Waals surface area contributed by atoms with Crippen molar-refractivity contribution in [1.29, 1.82) is 0 Å². The summed E-state index contributed by atoms with van der Waals surface area (Å²) in [6.45, 7) is 3.58. The Balaban J connectivity index is 1.73. The summed E-state index contributed by atoms with van der Waals surface area (Å²) in [7, 11) is 0. The Morgan fingerprint density at radius 3 is 1.93 bits per heavy atom. The van der Waals surface area contributed by atoms with Gasteiger partial charge in [-0.25, -0.2) is 8.78 Å². The highest BCUT2D eigenvalue weighted by molar-refractivity contribution is 5.80. The first-order valence-electron chi connectivity index (χ1n) is 9.66. The van der Waals surface area contributed by atoms with E-state index in [-0.39, 0.29) is 18.0 Å². The largest absolute Gasteiger partial charge is 0.340 e. The van der Waals surface area contributed by atoms with E-state index in [4.69, 9.17) is 0 Å². The first-order chi connectivity index (χ1) is 14.0. The maximum atomic E-state index is 14.0. The summed E-state index contributed by atoms with van der Waals surface area (Å²) in [5.74, 6) is -1.37. The maximum absolute atomic E-state index is 14.0. The minimum atomic E-state index is -0.613. The van der Waals surface area contributed by atoms with Crippen LogP contribution in [0.4, 0.5) is 8.78 Å². The molecular formula is C24H25F2N2O+. The van der Waals surface area contributed by atoms with Crippen molar-refractivity contribution in [1.82, 2.24) is 5.32 Å². The van der Waals surface area contributed by atoms with E-state index in [9.17, 15) is 13.6 Å². The number of carbonyl (C=O) groups excluding carboxylic acids is 1. The number of hydrogen-bond donors (Lipinski definition) is 2. The van der Waals surface area contributed by atoms with Crippen molar-refractivity contribution in [3.8, 4) is 0 Å². The monoisotopic (exact) mass is 395 g/mol. The summed E-state index contributed by atoms with van der Waals surface area (Å²) in [4.78, 5) is 12.9. The quantitative estimate of drug-likeness (QED) is 0.627. The molecule has 0 spiro atoms. The van der Waals surface area contributed by atoms with E-state index in [2.05, 4.69) is 5.32 Å². The van der Waals surface area contributed by atoms with Gasteiger partial charge < -0.3 is 10.6 Å². The first-order valence-corrected chi connectivity index (χ1v) is 9.66. The number of nitrogens with two attached hydrogens (primary N) is 1. The van der Waals surface area contributed by atoms with E-state index in [1.54, 1.807) is 19.2 Å². The second-order valence-electron chi connectivity index (χ2n) is 7.20. The molecule has 3 aromatic rings. The molecule has 3 nitrogen and oxygen atoms in total. The van der Waals surface area contributed by atoms with Crippen LogP contribution >= 0.6 is 0 Å². The number of halogens is 2. The molecule has 0 saturated carbocycles. The molecule has 29 heavy (non-hydrogen) atoms. The van der Waals surface area contributed by atoms with E-state index in [0.717, 1.165) is 17.2 Å². The van der Waals surface area contributed by atoms with E-state index in [1.165, 1.54) is 12.1 Å². The molecule has 1 amide bonds. The smallest absolute Gasteiger partial charge is 0.278 e. The first kappa shape index (κ1) is 20.7. The Hall–Kier alpha value is -3.05. The number of carbonyl (C=O) groups is 1. The van der Waals surface area contributed by atoms with E-state index < -0.39 is 17.7 Å². The highest BCUT2D eigenvalue weighted by Gasteiger charge is 2.25. The molecule has 0 unspecified atom stereocenters. The minimum Gasteiger partial charge on any atom is -0.340 e. The van der Waals surface area contributed by atoms with Gasteiger partial charge >= 0.3 is 0 Å². The average Bonchev–Trinajstić information content (AvgIpc) is 2.73. The second kappa shape index (κ2) is 9.43. The van der Waals surface area contributed by atoms with Crippen LogP contribution in [0.3, 0.4) is 0 Å². The maximum Gasteiger partial charge on any atom is 0.278 e. The van der Waals surface area contributed by atoms with Crippen LogP contribution < -0.4 is 10.6 Å². The molecule has 0 aromatic heterocycles. The van der Waals surface area contributed by atoms with E-state index >= 15 is 0 Å². The number of hydrogen-bond acceptors (Lipinski definition) is 1. The van der Waals surface area contributed by atoms with Gasteiger partial charge in [0, 0.05) is 11.6 Å². The predicted octanol–water partition coefficient (Wildman–Crippen LogP) is 3.88. The molecule has 0 aliphatic rings. The summed E-state index contributed by atoms with van der Waals surface area (Å²) < 4.78 is 27.2. The van der Waals surface area contributed by atoms with Gasteiger partial charge in [-0.1, -0.05) is 60.7 Å². The Kier molecular flexibility index (Phi) is 6.73. The van der Waals surface area contributed by atoms with Crippen molar-refractivity contribution < 1.29 is 18.9 Å². The lowest BCUT2D eigenvalue weighted by molar-refractivity contribution is -0.710. The van der Waals surface area contributed by atoms with E-state index in [1.807, 2.05) is 60.7 Å². The van der Waals surface area contributed by atoms with Crippen LogP contribution in [-0.2, 0) is 4.79 Å². The Labute approximate surface area is 169 Å². The third-order valence-electron chi connectivity index (χ3n) is 5.00. The van der Waals surface area contributed by atoms with Gasteiger partial charge in [-0.3, -0.25) is 4.79 Å². The molecular weight excluding hydrogens is 370 g/mol. The lowest BCUT2D eigenvalue weighted by Gasteiger charge is -2.23. The summed E-state index contributed by atoms with van der Waals surface area (Å²) in [5.41, 5.74) is 2.34. The van der Waals surface area contributed by atoms with Crippen LogP contribution in [0.15, 0.2) is 78.9 Å². The van der Waals surface area contributed by atoms with Crippen molar-refractivity contribution in [2.75, 3.05) is 0 Å². The SMILES string of the molecule is C[C@H]([NH2+][C@@H](C)c1ccc(F)cc1F)C(=O)NC(c1ccccc1)c1ccccc1. The molecule has 0 aliphatic heterocycles. The van der Waals surface area contributed by atoms with Crippen LogP contribution in [0, 0.1) is 11.6 Å². The van der Waals surface area contributed by atoms with Gasteiger partial charge in [0.15, 0.2) is 6.04 Å². The standard InChI is InChI=1S/C24H24F2N2O/c1-16(21-14-13-20(25)15-22(21)26)27-17(2)24(29)28-23(18-9-5-3-6-10-18)19-11-7-4-8-12-19/h3-17,23,27H,1-2H3,(H,28,29)/p+1/t16-,17-/m0/s1. The molecule has 0 fully saturated rings. The number of amides is 1. The molecule has 3 N–H and O–H groups in total. The number of quaternary nitrogens is 1. The van der Waals surface area contributed by atoms with Gasteiger partial charge in [-0.05, 0) is 37.1 Å². The van der Waals surface area contributed by atoms with Crippen molar-refractivity contribution in [2.45, 2.75) is 32.0 Å². The fourth-order valence-electron chi connectivity index (χ4n) is 3.42. The molecule has 3 rings (SSSR count). The van der Waals surface area contributed by atoms with Crippen molar-refractivity contribution >= 4 is 5.91 Å². The molecule has 2 atom stereocenters. The second-order valence-corrected chi connectivity index (χ2v) is 7.20. The lowest BCUT2D eigenvalue weighted by Crippen LogP contribution is -2.92. The Bertz CT molecular complexity index is 908. The Morgan fingerprint density at radius 2 is 1.41 bits per heavy atom. The van der Waals surface area contributed by atoms with Crippen molar-refractivity contribution in [3.05, 3.63) is 107 Å². The van der Waals surface area contributed by atoms with Crippen LogP contribution in [0.25, 0.3) is 0 Å². The fourth-order valence-corrected chi connectivity index (χ4v) is 3.42. The van der Waals surface area contributed by atoms with Crippen LogP contribution in [0.2, 0.25) is 0 Å². The van der Waals surface area contributed by atoms with Gasteiger partial charge in [-0.15, -0.1) is 0 Å². The number of nitrogens with one attached hydrogen (secondary N) is 1. The van der Waals surface area contributed by atoms with Gasteiger partial charge in [0.1, 0.15) is 17.7 Å². The van der Waals surface area contributed by atoms with Crippen LogP contribution in [-0.4, -0.2) is 11.9 Å². The summed E-state index contributed by atoms with van der Waals surface area (Å²) >= 11 is 0.